The number of hydrogen-bond donors (Lipinski definition) is 8. The molecule has 33 nitrogen and oxygen atoms in total. The third kappa shape index (κ3) is 24.7. The molecule has 5 aromatic carbocycles. The highest BCUT2D eigenvalue weighted by atomic mass is 35.5. The van der Waals surface area contributed by atoms with Crippen molar-refractivity contribution in [1.29, 1.82) is 0 Å². The Bertz CT molecular complexity index is 5950. The highest BCUT2D eigenvalue weighted by Crippen LogP contribution is 2.29. The van der Waals surface area contributed by atoms with E-state index in [0.717, 1.165) is 5.56 Å². The number of nitrogens with zero attached hydrogens (tertiary/aromatic N) is 16. The van der Waals surface area contributed by atoms with Crippen LogP contribution in [-0.4, -0.2) is 135 Å². The highest BCUT2D eigenvalue weighted by Gasteiger charge is 2.23. The molecule has 8 heterocycles. The first-order chi connectivity index (χ1) is 56.0. The van der Waals surface area contributed by atoms with Crippen LogP contribution < -0.4 is 41.9 Å². The van der Waals surface area contributed by atoms with E-state index >= 15 is 0 Å². The SMILES string of the molecule is CC(=O)Nc1ccc(C(=O)Nc2nc(C)nc(-c3ccncc3)n2)c(Cl)c1.CCC(=O)Nc1ccc(C(=O)Nc2nc(C)nc(-c3ccccn3)n2)c(Cl)c1.Cc1nc(NC(=O)c2ccc(NC(=O)c3ccccc3)cc2Cl)nc(-c2ccccn2)n1.Cc1nc(NC(=O)c2ccc(NS(=O)(=O)C(C)C)cc2Cl)nc(-c2ccccn2)n1. The topological polar surface area (TPSA) is 456 Å². The molecule has 0 aliphatic heterocycles. The minimum atomic E-state index is -3.53. The Morgan fingerprint density at radius 3 is 1.03 bits per heavy atom. The van der Waals surface area contributed by atoms with E-state index in [9.17, 15) is 42.0 Å². The van der Waals surface area contributed by atoms with Crippen LogP contribution in [0.5, 0.6) is 0 Å². The van der Waals surface area contributed by atoms with Gasteiger partial charge in [-0.1, -0.05) is 89.7 Å². The lowest BCUT2D eigenvalue weighted by Gasteiger charge is -2.12. The number of pyridine rings is 4. The van der Waals surface area contributed by atoms with E-state index in [1.807, 2.05) is 18.2 Å². The molecular formula is C79H68Cl4N24O9S. The first-order valence-electron chi connectivity index (χ1n) is 35.0. The molecule has 0 aliphatic carbocycles. The Labute approximate surface area is 688 Å². The molecule has 117 heavy (non-hydrogen) atoms. The van der Waals surface area contributed by atoms with Gasteiger partial charge in [0, 0.05) is 72.5 Å². The molecule has 13 rings (SSSR count). The Morgan fingerprint density at radius 1 is 0.359 bits per heavy atom. The summed E-state index contributed by atoms with van der Waals surface area (Å²) in [4.78, 5) is 153. The van der Waals surface area contributed by atoms with Gasteiger partial charge in [0.05, 0.1) is 53.3 Å². The van der Waals surface area contributed by atoms with Crippen molar-refractivity contribution in [3.8, 4) is 45.9 Å². The van der Waals surface area contributed by atoms with Gasteiger partial charge < -0.3 is 16.0 Å². The van der Waals surface area contributed by atoms with Crippen LogP contribution >= 0.6 is 46.4 Å². The third-order valence-electron chi connectivity index (χ3n) is 15.5. The lowest BCUT2D eigenvalue weighted by molar-refractivity contribution is -0.116. The quantitative estimate of drug-likeness (QED) is 0.0351. The first kappa shape index (κ1) is 85.4. The van der Waals surface area contributed by atoms with Crippen molar-refractivity contribution in [1.82, 2.24) is 79.7 Å². The summed E-state index contributed by atoms with van der Waals surface area (Å²) >= 11 is 24.9. The number of carbonyl (C=O) groups is 7. The predicted molar refractivity (Wildman–Crippen MR) is 444 cm³/mol. The largest absolute Gasteiger partial charge is 0.326 e. The minimum Gasteiger partial charge on any atom is -0.326 e. The monoisotopic (exact) mass is 1670 g/mol. The lowest BCUT2D eigenvalue weighted by atomic mass is 10.1. The van der Waals surface area contributed by atoms with Crippen molar-refractivity contribution in [3.05, 3.63) is 272 Å². The Balaban J connectivity index is 0.000000165. The molecule has 0 unspecified atom stereocenters. The first-order valence-corrected chi connectivity index (χ1v) is 38.0. The molecule has 0 aliphatic rings. The fourth-order valence-electron chi connectivity index (χ4n) is 9.91. The maximum atomic E-state index is 12.8. The molecule has 592 valence electrons. The molecule has 0 saturated heterocycles. The standard InChI is InChI=1S/C23H17ClN6O2.C19H19ClN6O3S.C19H17ClN6O2.C18H15ClN6O2/c1-14-26-20(19-9-5-6-12-25-19)29-23(27-14)30-22(32)17-11-10-16(13-18(17)24)28-21(31)15-7-3-2-4-8-15;1-11(2)30(28,29)26-13-7-8-14(15(20)10-13)18(27)25-19-23-12(3)22-17(24-19)16-6-4-5-9-21-16;1-3-16(27)24-12-7-8-13(14(20)10-12)18(28)26-19-23-11(2)22-17(25-19)15-6-4-5-9-21-15;1-10-21-16(12-5-7-20-8-6-12)24-18(22-10)25-17(27)14-4-3-13(9-15(14)19)23-11(2)26/h2-13H,1H3,(H,28,31)(H,26,27,29,30,32);4-11,26H,1-3H3,(H,22,23,24,25,27);4-10H,3H2,1-2H3,(H,24,27)(H,22,23,25,26,28);3-9H,1-2H3,(H,23,26)(H,21,22,24,25,27). The van der Waals surface area contributed by atoms with Crippen LogP contribution in [-0.2, 0) is 19.6 Å². The summed E-state index contributed by atoms with van der Waals surface area (Å²) in [5, 5.41) is 18.5. The van der Waals surface area contributed by atoms with E-state index in [1.54, 1.807) is 177 Å². The molecule has 38 heteroatoms. The summed E-state index contributed by atoms with van der Waals surface area (Å²) in [6.07, 6.45) is 8.47. The summed E-state index contributed by atoms with van der Waals surface area (Å²) < 4.78 is 26.4. The van der Waals surface area contributed by atoms with Crippen LogP contribution in [0.3, 0.4) is 0 Å². The molecular weight excluding hydrogens is 1600 g/mol. The Morgan fingerprint density at radius 2 is 0.692 bits per heavy atom. The molecule has 8 N–H and O–H groups in total. The van der Waals surface area contributed by atoms with E-state index in [1.165, 1.54) is 61.5 Å². The second-order valence-corrected chi connectivity index (χ2v) is 28.6. The number of benzene rings is 5. The predicted octanol–water partition coefficient (Wildman–Crippen LogP) is 14.3. The average molecular weight is 1670 g/mol. The second kappa shape index (κ2) is 40.1. The van der Waals surface area contributed by atoms with Crippen molar-refractivity contribution in [2.45, 2.75) is 67.1 Å². The van der Waals surface area contributed by atoms with Gasteiger partial charge in [0.15, 0.2) is 23.3 Å². The van der Waals surface area contributed by atoms with Crippen LogP contribution in [0.4, 0.5) is 46.5 Å². The van der Waals surface area contributed by atoms with Crippen LogP contribution in [0.25, 0.3) is 45.9 Å². The summed E-state index contributed by atoms with van der Waals surface area (Å²) in [7, 11) is -3.53. The van der Waals surface area contributed by atoms with E-state index in [4.69, 9.17) is 46.4 Å². The van der Waals surface area contributed by atoms with Gasteiger partial charge in [-0.25, -0.2) is 28.4 Å². The molecule has 0 bridgehead atoms. The van der Waals surface area contributed by atoms with Gasteiger partial charge in [-0.3, -0.25) is 79.5 Å². The third-order valence-corrected chi connectivity index (χ3v) is 18.5. The molecule has 0 saturated carbocycles. The maximum Gasteiger partial charge on any atom is 0.259 e. The van der Waals surface area contributed by atoms with Gasteiger partial charge in [-0.05, 0) is 175 Å². The highest BCUT2D eigenvalue weighted by molar-refractivity contribution is 7.93. The average Bonchev–Trinajstić information content (AvgIpc) is 0.827. The number of aromatic nitrogens is 16. The van der Waals surface area contributed by atoms with Gasteiger partial charge in [-0.2, -0.15) is 39.9 Å². The smallest absolute Gasteiger partial charge is 0.259 e. The number of aryl methyl sites for hydroxylation is 4. The molecule has 0 radical (unpaired) electrons. The maximum absolute atomic E-state index is 12.8. The van der Waals surface area contributed by atoms with E-state index in [-0.39, 0.29) is 89.5 Å². The van der Waals surface area contributed by atoms with Gasteiger partial charge in [0.2, 0.25) is 45.6 Å². The molecule has 0 spiro atoms. The van der Waals surface area contributed by atoms with Gasteiger partial charge in [0.1, 0.15) is 40.4 Å². The summed E-state index contributed by atoms with van der Waals surface area (Å²) in [5.74, 6) is 0.890. The van der Waals surface area contributed by atoms with Crippen LogP contribution in [0, 0.1) is 27.7 Å². The molecule has 0 fully saturated rings. The number of rotatable bonds is 20. The van der Waals surface area contributed by atoms with Gasteiger partial charge in [-0.15, -0.1) is 0 Å². The molecule has 0 atom stereocenters. The minimum absolute atomic E-state index is 0.0498. The number of anilines is 8. The number of carbonyl (C=O) groups excluding carboxylic acids is 7. The lowest BCUT2D eigenvalue weighted by Crippen LogP contribution is -2.22. The van der Waals surface area contributed by atoms with Crippen molar-refractivity contribution >= 4 is 144 Å². The fourth-order valence-corrected chi connectivity index (χ4v) is 11.7. The van der Waals surface area contributed by atoms with E-state index in [2.05, 4.69) is 122 Å². The van der Waals surface area contributed by atoms with E-state index in [0.29, 0.717) is 92.7 Å². The summed E-state index contributed by atoms with van der Waals surface area (Å²) in [6.45, 7) is 13.0. The number of sulfonamides is 1. The molecule has 8 aromatic heterocycles. The number of hydrogen-bond acceptors (Lipinski definition) is 25. The van der Waals surface area contributed by atoms with Crippen molar-refractivity contribution in [3.63, 3.8) is 0 Å². The van der Waals surface area contributed by atoms with Crippen LogP contribution in [0.15, 0.2) is 201 Å². The zero-order valence-electron chi connectivity index (χ0n) is 63.1. The van der Waals surface area contributed by atoms with Crippen LogP contribution in [0.1, 0.15) is 109 Å². The number of amides is 7. The normalized spacial score (nSPS) is 10.6. The summed E-state index contributed by atoms with van der Waals surface area (Å²) in [6, 6.07) is 46.5. The number of halogens is 4. The Kier molecular flexibility index (Phi) is 29.3. The van der Waals surface area contributed by atoms with Crippen LogP contribution in [0.2, 0.25) is 20.1 Å². The van der Waals surface area contributed by atoms with Gasteiger partial charge >= 0.3 is 0 Å². The van der Waals surface area contributed by atoms with Gasteiger partial charge in [0.25, 0.3) is 29.5 Å². The summed E-state index contributed by atoms with van der Waals surface area (Å²) in [5.41, 5.74) is 5.49. The van der Waals surface area contributed by atoms with Crippen molar-refractivity contribution in [2.24, 2.45) is 0 Å². The second-order valence-electron chi connectivity index (χ2n) is 24.7. The number of nitrogens with one attached hydrogen (secondary N) is 8. The Hall–Kier alpha value is -14.1. The van der Waals surface area contributed by atoms with E-state index < -0.39 is 38.9 Å². The molecule has 13 aromatic rings. The molecule has 7 amide bonds. The fraction of sp³-hybridized carbons (Fsp3) is 0.127. The zero-order valence-corrected chi connectivity index (χ0v) is 66.9. The zero-order chi connectivity index (χ0) is 83.9. The van der Waals surface area contributed by atoms with Crippen molar-refractivity contribution in [2.75, 3.05) is 41.9 Å². The van der Waals surface area contributed by atoms with Crippen molar-refractivity contribution < 1.29 is 42.0 Å².